The van der Waals surface area contributed by atoms with E-state index in [1.54, 1.807) is 0 Å². The van der Waals surface area contributed by atoms with Gasteiger partial charge in [-0.15, -0.1) is 0 Å². The molecule has 2 N–H and O–H groups in total. The van der Waals surface area contributed by atoms with E-state index in [2.05, 4.69) is 50.5 Å². The molecule has 0 bridgehead atoms. The molecule has 1 fully saturated rings. The Labute approximate surface area is 122 Å². The molecule has 1 aromatic rings. The van der Waals surface area contributed by atoms with Crippen LogP contribution in [-0.4, -0.2) is 19.0 Å². The van der Waals surface area contributed by atoms with Crippen LogP contribution in [0.2, 0.25) is 0 Å². The van der Waals surface area contributed by atoms with E-state index in [9.17, 15) is 4.79 Å². The summed E-state index contributed by atoms with van der Waals surface area (Å²) in [6.07, 6.45) is 1.87. The number of anilines is 1. The number of nitrogens with one attached hydrogen (secondary N) is 2. The summed E-state index contributed by atoms with van der Waals surface area (Å²) in [5.74, 6) is 0.316. The van der Waals surface area contributed by atoms with Crippen molar-refractivity contribution in [2.45, 2.75) is 46.0 Å². The number of carbonyl (C=O) groups is 1. The number of piperidine rings is 1. The predicted molar refractivity (Wildman–Crippen MR) is 84.1 cm³/mol. The Morgan fingerprint density at radius 1 is 1.25 bits per heavy atom. The molecule has 0 atom stereocenters. The van der Waals surface area contributed by atoms with Gasteiger partial charge in [0.15, 0.2) is 0 Å². The maximum absolute atomic E-state index is 12.3. The summed E-state index contributed by atoms with van der Waals surface area (Å²) in [6.45, 7) is 10.6. The summed E-state index contributed by atoms with van der Waals surface area (Å²) in [4.78, 5) is 12.3. The molecular weight excluding hydrogens is 248 g/mol. The van der Waals surface area contributed by atoms with Gasteiger partial charge in [0.25, 0.3) is 0 Å². The fourth-order valence-corrected chi connectivity index (χ4v) is 2.59. The summed E-state index contributed by atoms with van der Waals surface area (Å²) in [5.41, 5.74) is 3.53. The second-order valence-corrected chi connectivity index (χ2v) is 6.79. The van der Waals surface area contributed by atoms with Gasteiger partial charge in [-0.25, -0.2) is 0 Å². The molecule has 110 valence electrons. The van der Waals surface area contributed by atoms with Crippen molar-refractivity contribution in [1.29, 1.82) is 0 Å². The Morgan fingerprint density at radius 2 is 1.90 bits per heavy atom. The maximum atomic E-state index is 12.3. The minimum Gasteiger partial charge on any atom is -0.326 e. The largest absolute Gasteiger partial charge is 0.326 e. The molecule has 0 aromatic heterocycles. The van der Waals surface area contributed by atoms with Crippen LogP contribution in [0.3, 0.4) is 0 Å². The highest BCUT2D eigenvalue weighted by Gasteiger charge is 2.21. The molecule has 1 aliphatic rings. The first kappa shape index (κ1) is 15.0. The second kappa shape index (κ2) is 5.96. The standard InChI is InChI=1S/C17H26N2O/c1-12-11-14(17(2,3)4)5-6-15(12)19-16(20)13-7-9-18-10-8-13/h5-6,11,13,18H,7-10H2,1-4H3,(H,19,20). The third kappa shape index (κ3) is 3.60. The zero-order chi connectivity index (χ0) is 14.8. The van der Waals surface area contributed by atoms with Crippen molar-refractivity contribution in [2.75, 3.05) is 18.4 Å². The molecule has 1 aromatic carbocycles. The van der Waals surface area contributed by atoms with Gasteiger partial charge >= 0.3 is 0 Å². The van der Waals surface area contributed by atoms with Crippen molar-refractivity contribution in [3.63, 3.8) is 0 Å². The zero-order valence-corrected chi connectivity index (χ0v) is 13.0. The Bertz CT molecular complexity index is 482. The second-order valence-electron chi connectivity index (χ2n) is 6.79. The van der Waals surface area contributed by atoms with Crippen LogP contribution in [0, 0.1) is 12.8 Å². The van der Waals surface area contributed by atoms with Gasteiger partial charge in [0.2, 0.25) is 5.91 Å². The predicted octanol–water partition coefficient (Wildman–Crippen LogP) is 3.23. The third-order valence-corrected chi connectivity index (χ3v) is 4.06. The molecule has 20 heavy (non-hydrogen) atoms. The molecule has 2 rings (SSSR count). The Morgan fingerprint density at radius 3 is 2.45 bits per heavy atom. The van der Waals surface area contributed by atoms with Crippen LogP contribution < -0.4 is 10.6 Å². The average Bonchev–Trinajstić information content (AvgIpc) is 2.41. The van der Waals surface area contributed by atoms with Crippen molar-refractivity contribution in [1.82, 2.24) is 5.32 Å². The molecule has 1 amide bonds. The Balaban J connectivity index is 2.08. The summed E-state index contributed by atoms with van der Waals surface area (Å²) < 4.78 is 0. The van der Waals surface area contributed by atoms with Crippen LogP contribution in [0.4, 0.5) is 5.69 Å². The molecule has 3 heteroatoms. The molecule has 3 nitrogen and oxygen atoms in total. The van der Waals surface area contributed by atoms with Gasteiger partial charge in [-0.1, -0.05) is 32.9 Å². The average molecular weight is 274 g/mol. The van der Waals surface area contributed by atoms with E-state index in [1.165, 1.54) is 5.56 Å². The summed E-state index contributed by atoms with van der Waals surface area (Å²) >= 11 is 0. The van der Waals surface area contributed by atoms with Crippen LogP contribution in [0.25, 0.3) is 0 Å². The minimum absolute atomic E-state index is 0.141. The molecule has 0 radical (unpaired) electrons. The number of hydrogen-bond donors (Lipinski definition) is 2. The molecule has 0 spiro atoms. The van der Waals surface area contributed by atoms with Gasteiger partial charge in [0.05, 0.1) is 0 Å². The smallest absolute Gasteiger partial charge is 0.227 e. The molecule has 0 saturated carbocycles. The van der Waals surface area contributed by atoms with Crippen LogP contribution >= 0.6 is 0 Å². The molecule has 0 unspecified atom stereocenters. The van der Waals surface area contributed by atoms with Crippen molar-refractivity contribution in [3.8, 4) is 0 Å². The molecule has 0 aliphatic carbocycles. The number of rotatable bonds is 2. The quantitative estimate of drug-likeness (QED) is 0.869. The number of carbonyl (C=O) groups excluding carboxylic acids is 1. The van der Waals surface area contributed by atoms with Crippen molar-refractivity contribution < 1.29 is 4.79 Å². The Hall–Kier alpha value is -1.35. The Kier molecular flexibility index (Phi) is 4.48. The molecule has 1 aliphatic heterocycles. The first-order chi connectivity index (χ1) is 9.38. The summed E-state index contributed by atoms with van der Waals surface area (Å²) in [6, 6.07) is 6.33. The summed E-state index contributed by atoms with van der Waals surface area (Å²) in [5, 5.41) is 6.38. The van der Waals surface area contributed by atoms with Gasteiger partial charge in [-0.2, -0.15) is 0 Å². The molecule has 1 saturated heterocycles. The number of amides is 1. The number of benzene rings is 1. The van der Waals surface area contributed by atoms with Crippen molar-refractivity contribution in [2.24, 2.45) is 5.92 Å². The van der Waals surface area contributed by atoms with Gasteiger partial charge in [0.1, 0.15) is 0 Å². The van der Waals surface area contributed by atoms with E-state index in [4.69, 9.17) is 0 Å². The molecular formula is C17H26N2O. The van der Waals surface area contributed by atoms with Crippen LogP contribution in [-0.2, 0) is 10.2 Å². The lowest BCUT2D eigenvalue weighted by molar-refractivity contribution is -0.120. The SMILES string of the molecule is Cc1cc(C(C)(C)C)ccc1NC(=O)C1CCNCC1. The van der Waals surface area contributed by atoms with E-state index >= 15 is 0 Å². The van der Waals surface area contributed by atoms with Crippen molar-refractivity contribution in [3.05, 3.63) is 29.3 Å². The van der Waals surface area contributed by atoms with E-state index in [-0.39, 0.29) is 17.2 Å². The lowest BCUT2D eigenvalue weighted by Gasteiger charge is -2.23. The third-order valence-electron chi connectivity index (χ3n) is 4.06. The maximum Gasteiger partial charge on any atom is 0.227 e. The van der Waals surface area contributed by atoms with E-state index < -0.39 is 0 Å². The van der Waals surface area contributed by atoms with Crippen LogP contribution in [0.15, 0.2) is 18.2 Å². The minimum atomic E-state index is 0.141. The van der Waals surface area contributed by atoms with Crippen molar-refractivity contribution >= 4 is 11.6 Å². The topological polar surface area (TPSA) is 41.1 Å². The summed E-state index contributed by atoms with van der Waals surface area (Å²) in [7, 11) is 0. The first-order valence-corrected chi connectivity index (χ1v) is 7.50. The van der Waals surface area contributed by atoms with E-state index in [0.29, 0.717) is 0 Å². The van der Waals surface area contributed by atoms with Gasteiger partial charge in [-0.3, -0.25) is 4.79 Å². The normalized spacial score (nSPS) is 17.0. The fourth-order valence-electron chi connectivity index (χ4n) is 2.59. The number of hydrogen-bond acceptors (Lipinski definition) is 2. The highest BCUT2D eigenvalue weighted by molar-refractivity contribution is 5.93. The first-order valence-electron chi connectivity index (χ1n) is 7.50. The lowest BCUT2D eigenvalue weighted by Crippen LogP contribution is -2.34. The van der Waals surface area contributed by atoms with Crippen LogP contribution in [0.5, 0.6) is 0 Å². The van der Waals surface area contributed by atoms with E-state index in [1.807, 2.05) is 6.07 Å². The number of aryl methyl sites for hydroxylation is 1. The fraction of sp³-hybridized carbons (Fsp3) is 0.588. The monoisotopic (exact) mass is 274 g/mol. The van der Waals surface area contributed by atoms with Gasteiger partial charge in [0, 0.05) is 11.6 Å². The molecule has 1 heterocycles. The van der Waals surface area contributed by atoms with Crippen LogP contribution in [0.1, 0.15) is 44.7 Å². The van der Waals surface area contributed by atoms with Gasteiger partial charge in [-0.05, 0) is 55.5 Å². The zero-order valence-electron chi connectivity index (χ0n) is 13.0. The van der Waals surface area contributed by atoms with Gasteiger partial charge < -0.3 is 10.6 Å². The lowest BCUT2D eigenvalue weighted by atomic mass is 9.86. The highest BCUT2D eigenvalue weighted by Crippen LogP contribution is 2.27. The highest BCUT2D eigenvalue weighted by atomic mass is 16.1. The van der Waals surface area contributed by atoms with E-state index in [0.717, 1.165) is 37.2 Å².